The van der Waals surface area contributed by atoms with Gasteiger partial charge in [0, 0.05) is 25.4 Å². The molecule has 14 heavy (non-hydrogen) atoms. The first-order chi connectivity index (χ1) is 6.64. The van der Waals surface area contributed by atoms with Gasteiger partial charge in [0.25, 0.3) is 0 Å². The number of hydrogen-bond donors (Lipinski definition) is 2. The Morgan fingerprint density at radius 2 is 2.36 bits per heavy atom. The van der Waals surface area contributed by atoms with Crippen LogP contribution in [0.3, 0.4) is 0 Å². The van der Waals surface area contributed by atoms with E-state index < -0.39 is 10.0 Å². The van der Waals surface area contributed by atoms with Gasteiger partial charge in [0.15, 0.2) is 0 Å². The van der Waals surface area contributed by atoms with Crippen LogP contribution in [0.2, 0.25) is 0 Å². The van der Waals surface area contributed by atoms with Gasteiger partial charge >= 0.3 is 0 Å². The molecule has 0 unspecified atom stereocenters. The molecule has 1 aromatic rings. The zero-order valence-electron chi connectivity index (χ0n) is 8.16. The van der Waals surface area contributed by atoms with Crippen molar-refractivity contribution in [2.75, 3.05) is 12.3 Å². The lowest BCUT2D eigenvalue weighted by molar-refractivity contribution is 0.579. The minimum absolute atomic E-state index is 0.133. The van der Waals surface area contributed by atoms with Gasteiger partial charge in [-0.05, 0) is 13.3 Å². The molecule has 0 bridgehead atoms. The predicted octanol–water partition coefficient (Wildman–Crippen LogP) is 0.282. The second-order valence-corrected chi connectivity index (χ2v) is 5.03. The molecule has 0 atom stereocenters. The fraction of sp³-hybridized carbons (Fsp3) is 0.625. The average molecular weight is 217 g/mol. The SMILES string of the molecule is CCS(=O)(=O)NCCCc1ncc[nH]1. The van der Waals surface area contributed by atoms with Crippen molar-refractivity contribution >= 4 is 10.0 Å². The second-order valence-electron chi connectivity index (χ2n) is 2.94. The highest BCUT2D eigenvalue weighted by Crippen LogP contribution is 1.94. The van der Waals surface area contributed by atoms with E-state index in [1.165, 1.54) is 0 Å². The van der Waals surface area contributed by atoms with Crippen LogP contribution in [0.25, 0.3) is 0 Å². The fourth-order valence-corrected chi connectivity index (χ4v) is 1.68. The molecular formula is C8H15N3O2S. The Bertz CT molecular complexity index is 345. The van der Waals surface area contributed by atoms with Crippen LogP contribution in [0.15, 0.2) is 12.4 Å². The van der Waals surface area contributed by atoms with Crippen molar-refractivity contribution in [3.05, 3.63) is 18.2 Å². The van der Waals surface area contributed by atoms with Gasteiger partial charge in [-0.15, -0.1) is 0 Å². The number of H-pyrrole nitrogens is 1. The molecule has 1 heterocycles. The second kappa shape index (κ2) is 5.11. The van der Waals surface area contributed by atoms with E-state index in [4.69, 9.17) is 0 Å². The molecule has 0 aliphatic rings. The van der Waals surface area contributed by atoms with Crippen LogP contribution in [-0.2, 0) is 16.4 Å². The number of nitrogens with zero attached hydrogens (tertiary/aromatic N) is 1. The molecule has 0 saturated carbocycles. The van der Waals surface area contributed by atoms with Gasteiger partial charge in [0.2, 0.25) is 10.0 Å². The topological polar surface area (TPSA) is 74.8 Å². The van der Waals surface area contributed by atoms with E-state index in [0.29, 0.717) is 6.54 Å². The summed E-state index contributed by atoms with van der Waals surface area (Å²) in [6.07, 6.45) is 4.96. The average Bonchev–Trinajstić information content (AvgIpc) is 2.65. The lowest BCUT2D eigenvalue weighted by Crippen LogP contribution is -2.26. The van der Waals surface area contributed by atoms with Gasteiger partial charge in [-0.25, -0.2) is 18.1 Å². The van der Waals surface area contributed by atoms with Crippen molar-refractivity contribution in [1.29, 1.82) is 0 Å². The largest absolute Gasteiger partial charge is 0.349 e. The van der Waals surface area contributed by atoms with Crippen LogP contribution < -0.4 is 4.72 Å². The van der Waals surface area contributed by atoms with Crippen molar-refractivity contribution in [1.82, 2.24) is 14.7 Å². The first kappa shape index (κ1) is 11.2. The highest BCUT2D eigenvalue weighted by atomic mass is 32.2. The lowest BCUT2D eigenvalue weighted by atomic mass is 10.3. The highest BCUT2D eigenvalue weighted by Gasteiger charge is 2.04. The molecule has 1 aromatic heterocycles. The molecule has 0 amide bonds. The third-order valence-electron chi connectivity index (χ3n) is 1.85. The zero-order valence-corrected chi connectivity index (χ0v) is 8.97. The molecule has 6 heteroatoms. The number of aryl methyl sites for hydroxylation is 1. The molecule has 0 radical (unpaired) electrons. The molecule has 0 aliphatic carbocycles. The third-order valence-corrected chi connectivity index (χ3v) is 3.25. The van der Waals surface area contributed by atoms with Crippen LogP contribution in [0.1, 0.15) is 19.2 Å². The molecule has 0 saturated heterocycles. The van der Waals surface area contributed by atoms with Crippen molar-refractivity contribution in [3.63, 3.8) is 0 Å². The number of sulfonamides is 1. The van der Waals surface area contributed by atoms with Crippen LogP contribution >= 0.6 is 0 Å². The first-order valence-corrected chi connectivity index (χ1v) is 6.25. The Balaban J connectivity index is 2.17. The van der Waals surface area contributed by atoms with Gasteiger partial charge in [-0.1, -0.05) is 0 Å². The van der Waals surface area contributed by atoms with E-state index in [0.717, 1.165) is 18.7 Å². The summed E-state index contributed by atoms with van der Waals surface area (Å²) in [6.45, 7) is 2.09. The van der Waals surface area contributed by atoms with Crippen molar-refractivity contribution in [3.8, 4) is 0 Å². The van der Waals surface area contributed by atoms with Crippen molar-refractivity contribution in [2.45, 2.75) is 19.8 Å². The number of nitrogens with one attached hydrogen (secondary N) is 2. The summed E-state index contributed by atoms with van der Waals surface area (Å²) in [6, 6.07) is 0. The normalized spacial score (nSPS) is 11.8. The quantitative estimate of drug-likeness (QED) is 0.672. The van der Waals surface area contributed by atoms with Crippen LogP contribution in [-0.4, -0.2) is 30.7 Å². The van der Waals surface area contributed by atoms with Gasteiger partial charge < -0.3 is 4.98 Å². The minimum atomic E-state index is -3.04. The van der Waals surface area contributed by atoms with Gasteiger partial charge in [0.1, 0.15) is 5.82 Å². The third kappa shape index (κ3) is 3.89. The van der Waals surface area contributed by atoms with Crippen LogP contribution in [0, 0.1) is 0 Å². The maximum Gasteiger partial charge on any atom is 0.211 e. The molecule has 0 aromatic carbocycles. The zero-order chi connectivity index (χ0) is 10.4. The number of aromatic nitrogens is 2. The fourth-order valence-electron chi connectivity index (χ4n) is 1.02. The van der Waals surface area contributed by atoms with Gasteiger partial charge in [0.05, 0.1) is 5.75 Å². The summed E-state index contributed by atoms with van der Waals surface area (Å²) >= 11 is 0. The summed E-state index contributed by atoms with van der Waals surface area (Å²) < 4.78 is 24.6. The van der Waals surface area contributed by atoms with E-state index >= 15 is 0 Å². The molecule has 0 fully saturated rings. The lowest BCUT2D eigenvalue weighted by Gasteiger charge is -2.02. The summed E-state index contributed by atoms with van der Waals surface area (Å²) in [4.78, 5) is 7.00. The maximum absolute atomic E-state index is 11.0. The molecule has 0 aliphatic heterocycles. The molecule has 2 N–H and O–H groups in total. The Hall–Kier alpha value is -0.880. The minimum Gasteiger partial charge on any atom is -0.349 e. The van der Waals surface area contributed by atoms with Crippen molar-refractivity contribution in [2.24, 2.45) is 0 Å². The first-order valence-electron chi connectivity index (χ1n) is 4.59. The number of aromatic amines is 1. The summed E-state index contributed by atoms with van der Waals surface area (Å²) in [5, 5.41) is 0. The standard InChI is InChI=1S/C8H15N3O2S/c1-2-14(12,13)11-5-3-4-8-9-6-7-10-8/h6-7,11H,2-5H2,1H3,(H,9,10). The molecule has 1 rings (SSSR count). The summed E-state index contributed by atoms with van der Waals surface area (Å²) in [7, 11) is -3.04. The molecular weight excluding hydrogens is 202 g/mol. The highest BCUT2D eigenvalue weighted by molar-refractivity contribution is 7.89. The van der Waals surface area contributed by atoms with Crippen LogP contribution in [0.5, 0.6) is 0 Å². The van der Waals surface area contributed by atoms with E-state index in [1.807, 2.05) is 0 Å². The molecule has 5 nitrogen and oxygen atoms in total. The Morgan fingerprint density at radius 3 is 2.93 bits per heavy atom. The van der Waals surface area contributed by atoms with Crippen molar-refractivity contribution < 1.29 is 8.42 Å². The number of rotatable bonds is 6. The monoisotopic (exact) mass is 217 g/mol. The predicted molar refractivity (Wildman–Crippen MR) is 54.4 cm³/mol. The van der Waals surface area contributed by atoms with Gasteiger partial charge in [-0.3, -0.25) is 0 Å². The van der Waals surface area contributed by atoms with E-state index in [-0.39, 0.29) is 5.75 Å². The molecule has 80 valence electrons. The summed E-state index contributed by atoms with van der Waals surface area (Å²) in [5.74, 6) is 1.02. The van der Waals surface area contributed by atoms with E-state index in [1.54, 1.807) is 19.3 Å². The number of hydrogen-bond acceptors (Lipinski definition) is 3. The Morgan fingerprint density at radius 1 is 1.57 bits per heavy atom. The van der Waals surface area contributed by atoms with E-state index in [2.05, 4.69) is 14.7 Å². The Labute approximate surface area is 84.0 Å². The maximum atomic E-state index is 11.0. The summed E-state index contributed by atoms with van der Waals surface area (Å²) in [5.41, 5.74) is 0. The van der Waals surface area contributed by atoms with Crippen LogP contribution in [0.4, 0.5) is 0 Å². The smallest absolute Gasteiger partial charge is 0.211 e. The van der Waals surface area contributed by atoms with Gasteiger partial charge in [-0.2, -0.15) is 0 Å². The molecule has 0 spiro atoms. The van der Waals surface area contributed by atoms with E-state index in [9.17, 15) is 8.42 Å². The number of imidazole rings is 1. The Kier molecular flexibility index (Phi) is 4.09.